The minimum absolute atomic E-state index is 0.679. The number of hydrogen-bond acceptors (Lipinski definition) is 2. The van der Waals surface area contributed by atoms with Crippen LogP contribution in [0.3, 0.4) is 0 Å². The van der Waals surface area contributed by atoms with Crippen LogP contribution in [0.5, 0.6) is 0 Å². The van der Waals surface area contributed by atoms with Crippen molar-refractivity contribution in [3.63, 3.8) is 0 Å². The largest absolute Gasteiger partial charge is 0.309 e. The molecule has 0 atom stereocenters. The first-order valence-electron chi connectivity index (χ1n) is 23.5. The van der Waals surface area contributed by atoms with Crippen molar-refractivity contribution in [2.75, 3.05) is 0 Å². The summed E-state index contributed by atoms with van der Waals surface area (Å²) in [5.74, 6) is 1.49. The summed E-state index contributed by atoms with van der Waals surface area (Å²) in [5.41, 5.74) is 16.7. The van der Waals surface area contributed by atoms with Crippen LogP contribution in [0.4, 0.5) is 0 Å². The Bertz CT molecular complexity index is 4010. The SMILES string of the molecule is c1ccc(-c2cc(-n3c4ccc(-c5cccc6c5c5ccccc5n6-c5ccccc5)cc4c4cc(-c5cccc6c5c5ccccc5n6-c5ccccc5)ccc43)nc(-c3ccccc3)n2)cc1. The molecule has 4 aromatic heterocycles. The van der Waals surface area contributed by atoms with Gasteiger partial charge in [0.1, 0.15) is 5.82 Å². The fraction of sp³-hybridized carbons (Fsp3) is 0. The maximum absolute atomic E-state index is 5.39. The lowest BCUT2D eigenvalue weighted by Gasteiger charge is -2.13. The molecule has 0 saturated carbocycles. The van der Waals surface area contributed by atoms with Crippen LogP contribution in [0.25, 0.3) is 128 Å². The third-order valence-electron chi connectivity index (χ3n) is 13.9. The van der Waals surface area contributed by atoms with Crippen LogP contribution in [0, 0.1) is 0 Å². The summed E-state index contributed by atoms with van der Waals surface area (Å²) in [6.07, 6.45) is 0. The van der Waals surface area contributed by atoms with E-state index in [4.69, 9.17) is 9.97 Å². The van der Waals surface area contributed by atoms with Crippen LogP contribution in [-0.2, 0) is 0 Å². The van der Waals surface area contributed by atoms with Gasteiger partial charge in [0.15, 0.2) is 5.82 Å². The van der Waals surface area contributed by atoms with Gasteiger partial charge in [0.05, 0.1) is 38.8 Å². The third-order valence-corrected chi connectivity index (χ3v) is 13.9. The van der Waals surface area contributed by atoms with Gasteiger partial charge in [-0.15, -0.1) is 0 Å². The third kappa shape index (κ3) is 6.18. The smallest absolute Gasteiger partial charge is 0.162 e. The fourth-order valence-corrected chi connectivity index (χ4v) is 10.9. The fourth-order valence-electron chi connectivity index (χ4n) is 10.9. The number of para-hydroxylation sites is 4. The quantitative estimate of drug-likeness (QED) is 0.160. The number of rotatable bonds is 7. The van der Waals surface area contributed by atoms with Gasteiger partial charge in [-0.2, -0.15) is 0 Å². The molecule has 0 aliphatic carbocycles. The van der Waals surface area contributed by atoms with Gasteiger partial charge in [0.2, 0.25) is 0 Å². The Morgan fingerprint density at radius 3 is 1.19 bits per heavy atom. The standard InChI is InChI=1S/C64H41N5/c1-5-19-42(20-6-1)54-41-61(66-64(65-54)43-21-7-2-8-22-43)69-57-37-35-44(48-29-17-33-59-62(48)50-27-13-15-31-55(50)67(59)46-23-9-3-10-24-46)39-52(57)53-40-45(36-38-58(53)69)49-30-18-34-60-63(49)51-28-14-16-32-56(51)68(60)47-25-11-4-12-26-47/h1-41H. The maximum Gasteiger partial charge on any atom is 0.162 e. The summed E-state index contributed by atoms with van der Waals surface area (Å²) in [6, 6.07) is 89.2. The van der Waals surface area contributed by atoms with E-state index in [1.807, 2.05) is 24.3 Å². The van der Waals surface area contributed by atoms with E-state index in [0.717, 1.165) is 66.9 Å². The number of benzene rings is 10. The Morgan fingerprint density at radius 1 is 0.261 bits per heavy atom. The molecule has 5 nitrogen and oxygen atoms in total. The van der Waals surface area contributed by atoms with Crippen LogP contribution < -0.4 is 0 Å². The molecule has 0 unspecified atom stereocenters. The van der Waals surface area contributed by atoms with Gasteiger partial charge in [0.25, 0.3) is 0 Å². The second-order valence-electron chi connectivity index (χ2n) is 17.7. The highest BCUT2D eigenvalue weighted by molar-refractivity contribution is 6.19. The van der Waals surface area contributed by atoms with Crippen molar-refractivity contribution in [1.29, 1.82) is 0 Å². The number of hydrogen-bond donors (Lipinski definition) is 0. The molecule has 4 heterocycles. The molecule has 14 rings (SSSR count). The second-order valence-corrected chi connectivity index (χ2v) is 17.7. The van der Waals surface area contributed by atoms with E-state index in [1.54, 1.807) is 0 Å². The van der Waals surface area contributed by atoms with Crippen LogP contribution >= 0.6 is 0 Å². The molecule has 0 fully saturated rings. The van der Waals surface area contributed by atoms with Gasteiger partial charge in [0, 0.05) is 60.9 Å². The van der Waals surface area contributed by atoms with E-state index in [2.05, 4.69) is 238 Å². The van der Waals surface area contributed by atoms with E-state index in [0.29, 0.717) is 5.82 Å². The molecule has 322 valence electrons. The van der Waals surface area contributed by atoms with Gasteiger partial charge in [-0.25, -0.2) is 9.97 Å². The number of fused-ring (bicyclic) bond motifs is 9. The lowest BCUT2D eigenvalue weighted by molar-refractivity contribution is 1.05. The normalized spacial score (nSPS) is 11.8. The Hall–Kier alpha value is -9.32. The molecule has 0 N–H and O–H groups in total. The number of aromatic nitrogens is 5. The van der Waals surface area contributed by atoms with Gasteiger partial charge in [-0.1, -0.05) is 170 Å². The minimum Gasteiger partial charge on any atom is -0.309 e. The summed E-state index contributed by atoms with van der Waals surface area (Å²) in [7, 11) is 0. The zero-order valence-electron chi connectivity index (χ0n) is 37.4. The highest BCUT2D eigenvalue weighted by Gasteiger charge is 2.22. The monoisotopic (exact) mass is 879 g/mol. The molecular weight excluding hydrogens is 839 g/mol. The van der Waals surface area contributed by atoms with Crippen LogP contribution in [-0.4, -0.2) is 23.7 Å². The van der Waals surface area contributed by atoms with Crippen molar-refractivity contribution in [2.45, 2.75) is 0 Å². The first kappa shape index (κ1) is 38.9. The van der Waals surface area contributed by atoms with Gasteiger partial charge in [-0.05, 0) is 95.1 Å². The highest BCUT2D eigenvalue weighted by atomic mass is 15.1. The summed E-state index contributed by atoms with van der Waals surface area (Å²) < 4.78 is 7.12. The highest BCUT2D eigenvalue weighted by Crippen LogP contribution is 2.44. The van der Waals surface area contributed by atoms with Crippen molar-refractivity contribution in [2.24, 2.45) is 0 Å². The molecule has 0 radical (unpaired) electrons. The molecule has 0 aliphatic heterocycles. The number of nitrogens with zero attached hydrogens (tertiary/aromatic N) is 5. The summed E-state index contributed by atoms with van der Waals surface area (Å²) in [6.45, 7) is 0. The van der Waals surface area contributed by atoms with Crippen molar-refractivity contribution in [3.8, 4) is 62.1 Å². The predicted molar refractivity (Wildman–Crippen MR) is 287 cm³/mol. The molecule has 0 aliphatic rings. The van der Waals surface area contributed by atoms with Crippen molar-refractivity contribution in [1.82, 2.24) is 23.7 Å². The molecule has 14 aromatic rings. The van der Waals surface area contributed by atoms with Crippen molar-refractivity contribution >= 4 is 65.4 Å². The Labute approximate surface area is 398 Å². The van der Waals surface area contributed by atoms with Crippen molar-refractivity contribution < 1.29 is 0 Å². The van der Waals surface area contributed by atoms with E-state index >= 15 is 0 Å². The molecule has 69 heavy (non-hydrogen) atoms. The van der Waals surface area contributed by atoms with Gasteiger partial charge >= 0.3 is 0 Å². The second kappa shape index (κ2) is 15.7. The molecule has 0 bridgehead atoms. The van der Waals surface area contributed by atoms with Crippen LogP contribution in [0.2, 0.25) is 0 Å². The van der Waals surface area contributed by atoms with Crippen molar-refractivity contribution in [3.05, 3.63) is 249 Å². The average Bonchev–Trinajstić information content (AvgIpc) is 4.07. The summed E-state index contributed by atoms with van der Waals surface area (Å²) in [5, 5.41) is 7.21. The molecule has 10 aromatic carbocycles. The molecule has 0 amide bonds. The van der Waals surface area contributed by atoms with E-state index in [-0.39, 0.29) is 0 Å². The first-order valence-corrected chi connectivity index (χ1v) is 23.5. The molecule has 0 saturated heterocycles. The van der Waals surface area contributed by atoms with E-state index in [1.165, 1.54) is 54.7 Å². The van der Waals surface area contributed by atoms with E-state index < -0.39 is 0 Å². The zero-order valence-corrected chi connectivity index (χ0v) is 37.4. The predicted octanol–water partition coefficient (Wildman–Crippen LogP) is 16.4. The Kier molecular flexibility index (Phi) is 8.83. The molecular formula is C64H41N5. The summed E-state index contributed by atoms with van der Waals surface area (Å²) in [4.78, 5) is 10.6. The Morgan fingerprint density at radius 2 is 0.681 bits per heavy atom. The van der Waals surface area contributed by atoms with Gasteiger partial charge in [-0.3, -0.25) is 4.57 Å². The molecule has 0 spiro atoms. The average molecular weight is 880 g/mol. The van der Waals surface area contributed by atoms with Gasteiger partial charge < -0.3 is 9.13 Å². The van der Waals surface area contributed by atoms with Crippen LogP contribution in [0.1, 0.15) is 0 Å². The van der Waals surface area contributed by atoms with E-state index in [9.17, 15) is 0 Å². The van der Waals surface area contributed by atoms with Crippen LogP contribution in [0.15, 0.2) is 249 Å². The summed E-state index contributed by atoms with van der Waals surface area (Å²) >= 11 is 0. The lowest BCUT2D eigenvalue weighted by atomic mass is 9.96. The first-order chi connectivity index (χ1) is 34.2. The zero-order chi connectivity index (χ0) is 45.4. The lowest BCUT2D eigenvalue weighted by Crippen LogP contribution is -2.02. The molecule has 5 heteroatoms. The maximum atomic E-state index is 5.39. The Balaban J connectivity index is 1.05. The topological polar surface area (TPSA) is 40.6 Å². The minimum atomic E-state index is 0.679.